The van der Waals surface area contributed by atoms with E-state index in [1.54, 1.807) is 17.0 Å². The first kappa shape index (κ1) is 17.8. The molecule has 1 saturated heterocycles. The molecule has 0 spiro atoms. The summed E-state index contributed by atoms with van der Waals surface area (Å²) < 4.78 is 5.80. The summed E-state index contributed by atoms with van der Waals surface area (Å²) in [7, 11) is 0. The number of anilines is 1. The van der Waals surface area contributed by atoms with E-state index in [2.05, 4.69) is 4.98 Å². The molecule has 1 aliphatic rings. The van der Waals surface area contributed by atoms with Crippen molar-refractivity contribution < 1.29 is 14.0 Å². The number of primary amides is 1. The standard InChI is InChI=1S/C19H15Cl2N3O3/c1-9-2-3-10(4-15(9)24-8-11(18(22)26)5-16(24)25)19-23-14-7-12(20)6-13(21)17(14)27-19/h2-4,6-7,11H,5,8H2,1H3,(H2,22,26). The molecule has 2 amide bonds. The number of oxazole rings is 1. The molecule has 1 fully saturated rings. The van der Waals surface area contributed by atoms with Gasteiger partial charge in [0, 0.05) is 29.2 Å². The minimum atomic E-state index is -0.481. The number of hydrogen-bond acceptors (Lipinski definition) is 4. The molecule has 6 nitrogen and oxygen atoms in total. The van der Waals surface area contributed by atoms with Gasteiger partial charge in [0.25, 0.3) is 0 Å². The Labute approximate surface area is 164 Å². The van der Waals surface area contributed by atoms with E-state index >= 15 is 0 Å². The zero-order chi connectivity index (χ0) is 19.3. The van der Waals surface area contributed by atoms with Gasteiger partial charge in [-0.3, -0.25) is 9.59 Å². The maximum Gasteiger partial charge on any atom is 0.227 e. The van der Waals surface area contributed by atoms with Crippen LogP contribution in [0.25, 0.3) is 22.6 Å². The highest BCUT2D eigenvalue weighted by Gasteiger charge is 2.34. The van der Waals surface area contributed by atoms with Crippen molar-refractivity contribution in [2.24, 2.45) is 11.7 Å². The Hall–Kier alpha value is -2.57. The molecule has 1 aliphatic heterocycles. The molecule has 1 unspecified atom stereocenters. The topological polar surface area (TPSA) is 89.4 Å². The number of aryl methyl sites for hydroxylation is 1. The van der Waals surface area contributed by atoms with Crippen LogP contribution in [0.5, 0.6) is 0 Å². The Bertz CT molecular complexity index is 1090. The van der Waals surface area contributed by atoms with E-state index < -0.39 is 11.8 Å². The van der Waals surface area contributed by atoms with Crippen molar-refractivity contribution in [3.05, 3.63) is 45.9 Å². The molecule has 2 heterocycles. The van der Waals surface area contributed by atoms with Crippen LogP contribution in [0.2, 0.25) is 10.0 Å². The predicted molar refractivity (Wildman–Crippen MR) is 104 cm³/mol. The van der Waals surface area contributed by atoms with Gasteiger partial charge in [-0.05, 0) is 36.8 Å². The molecule has 3 aromatic rings. The third kappa shape index (κ3) is 3.15. The lowest BCUT2D eigenvalue weighted by molar-refractivity contribution is -0.123. The van der Waals surface area contributed by atoms with Gasteiger partial charge in [0.1, 0.15) is 5.52 Å². The second-order valence-electron chi connectivity index (χ2n) is 6.56. The molecule has 0 aliphatic carbocycles. The van der Waals surface area contributed by atoms with E-state index in [4.69, 9.17) is 33.4 Å². The van der Waals surface area contributed by atoms with Gasteiger partial charge in [0.05, 0.1) is 10.9 Å². The SMILES string of the molecule is Cc1ccc(-c2nc3cc(Cl)cc(Cl)c3o2)cc1N1CC(C(N)=O)CC1=O. The van der Waals surface area contributed by atoms with Gasteiger partial charge in [-0.1, -0.05) is 29.3 Å². The normalized spacial score (nSPS) is 17.1. The Morgan fingerprint density at radius 3 is 2.78 bits per heavy atom. The second-order valence-corrected chi connectivity index (χ2v) is 7.41. The molecule has 4 rings (SSSR count). The van der Waals surface area contributed by atoms with Gasteiger partial charge < -0.3 is 15.1 Å². The maximum absolute atomic E-state index is 12.4. The smallest absolute Gasteiger partial charge is 0.227 e. The number of carbonyl (C=O) groups is 2. The highest BCUT2D eigenvalue weighted by atomic mass is 35.5. The maximum atomic E-state index is 12.4. The van der Waals surface area contributed by atoms with Crippen LogP contribution in [0.3, 0.4) is 0 Å². The van der Waals surface area contributed by atoms with Crippen molar-refractivity contribution in [2.75, 3.05) is 11.4 Å². The van der Waals surface area contributed by atoms with Crippen molar-refractivity contribution in [3.63, 3.8) is 0 Å². The first-order valence-corrected chi connectivity index (χ1v) is 9.05. The summed E-state index contributed by atoms with van der Waals surface area (Å²) in [6.07, 6.45) is 0.121. The number of amides is 2. The minimum Gasteiger partial charge on any atom is -0.435 e. The Morgan fingerprint density at radius 1 is 1.30 bits per heavy atom. The van der Waals surface area contributed by atoms with Crippen molar-refractivity contribution in [2.45, 2.75) is 13.3 Å². The van der Waals surface area contributed by atoms with Crippen molar-refractivity contribution in [3.8, 4) is 11.5 Å². The molecule has 0 saturated carbocycles. The predicted octanol–water partition coefficient (Wildman–Crippen LogP) is 3.95. The number of nitrogens with two attached hydrogens (primary N) is 1. The Balaban J connectivity index is 1.76. The van der Waals surface area contributed by atoms with Crippen LogP contribution in [0.4, 0.5) is 5.69 Å². The number of carbonyl (C=O) groups excluding carboxylic acids is 2. The minimum absolute atomic E-state index is 0.121. The fraction of sp³-hybridized carbons (Fsp3) is 0.211. The number of fused-ring (bicyclic) bond motifs is 1. The lowest BCUT2D eigenvalue weighted by Crippen LogP contribution is -2.28. The third-order valence-corrected chi connectivity index (χ3v) is 5.18. The summed E-state index contributed by atoms with van der Waals surface area (Å²) in [6.45, 7) is 2.17. The fourth-order valence-electron chi connectivity index (χ4n) is 3.25. The van der Waals surface area contributed by atoms with Crippen LogP contribution >= 0.6 is 23.2 Å². The van der Waals surface area contributed by atoms with Crippen LogP contribution in [-0.4, -0.2) is 23.3 Å². The van der Waals surface area contributed by atoms with Crippen LogP contribution in [0, 0.1) is 12.8 Å². The van der Waals surface area contributed by atoms with E-state index in [1.807, 2.05) is 25.1 Å². The number of halogens is 2. The largest absolute Gasteiger partial charge is 0.435 e. The fourth-order valence-corrected chi connectivity index (χ4v) is 3.77. The van der Waals surface area contributed by atoms with Crippen LogP contribution in [0.15, 0.2) is 34.7 Å². The molecule has 1 atom stereocenters. The highest BCUT2D eigenvalue weighted by Crippen LogP contribution is 2.35. The lowest BCUT2D eigenvalue weighted by atomic mass is 10.1. The summed E-state index contributed by atoms with van der Waals surface area (Å²) in [4.78, 5) is 29.8. The highest BCUT2D eigenvalue weighted by molar-refractivity contribution is 6.38. The van der Waals surface area contributed by atoms with Crippen LogP contribution in [0.1, 0.15) is 12.0 Å². The van der Waals surface area contributed by atoms with Crippen molar-refractivity contribution in [1.29, 1.82) is 0 Å². The molecule has 2 N–H and O–H groups in total. The molecule has 27 heavy (non-hydrogen) atoms. The summed E-state index contributed by atoms with van der Waals surface area (Å²) in [5.74, 6) is -0.712. The number of benzene rings is 2. The third-order valence-electron chi connectivity index (χ3n) is 4.68. The Kier molecular flexibility index (Phi) is 4.32. The molecule has 2 aromatic carbocycles. The number of aromatic nitrogens is 1. The molecular weight excluding hydrogens is 389 g/mol. The second kappa shape index (κ2) is 6.55. The van der Waals surface area contributed by atoms with E-state index in [9.17, 15) is 9.59 Å². The summed E-state index contributed by atoms with van der Waals surface area (Å²) in [6, 6.07) is 8.81. The molecular formula is C19H15Cl2N3O3. The van der Waals surface area contributed by atoms with E-state index in [0.29, 0.717) is 38.3 Å². The van der Waals surface area contributed by atoms with Gasteiger partial charge in [-0.25, -0.2) is 4.98 Å². The zero-order valence-electron chi connectivity index (χ0n) is 14.3. The van der Waals surface area contributed by atoms with E-state index in [-0.39, 0.29) is 18.9 Å². The molecule has 0 bridgehead atoms. The average molecular weight is 404 g/mol. The quantitative estimate of drug-likeness (QED) is 0.716. The molecule has 0 radical (unpaired) electrons. The van der Waals surface area contributed by atoms with Gasteiger partial charge in [-0.15, -0.1) is 0 Å². The number of rotatable bonds is 3. The van der Waals surface area contributed by atoms with Crippen molar-refractivity contribution in [1.82, 2.24) is 4.98 Å². The molecule has 8 heteroatoms. The molecule has 1 aromatic heterocycles. The van der Waals surface area contributed by atoms with Crippen LogP contribution < -0.4 is 10.6 Å². The zero-order valence-corrected chi connectivity index (χ0v) is 15.8. The number of hydrogen-bond donors (Lipinski definition) is 1. The first-order chi connectivity index (χ1) is 12.8. The van der Waals surface area contributed by atoms with Crippen LogP contribution in [-0.2, 0) is 9.59 Å². The lowest BCUT2D eigenvalue weighted by Gasteiger charge is -2.19. The summed E-state index contributed by atoms with van der Waals surface area (Å²) in [5.41, 5.74) is 8.65. The summed E-state index contributed by atoms with van der Waals surface area (Å²) >= 11 is 12.2. The summed E-state index contributed by atoms with van der Waals surface area (Å²) in [5, 5.41) is 0.847. The van der Waals surface area contributed by atoms with Gasteiger partial charge in [-0.2, -0.15) is 0 Å². The van der Waals surface area contributed by atoms with Gasteiger partial charge in [0.2, 0.25) is 17.7 Å². The van der Waals surface area contributed by atoms with Crippen molar-refractivity contribution >= 4 is 51.8 Å². The Morgan fingerprint density at radius 2 is 2.07 bits per heavy atom. The number of nitrogens with zero attached hydrogens (tertiary/aromatic N) is 2. The monoisotopic (exact) mass is 403 g/mol. The average Bonchev–Trinajstić information content (AvgIpc) is 3.19. The molecule has 138 valence electrons. The van der Waals surface area contributed by atoms with Gasteiger partial charge >= 0.3 is 0 Å². The van der Waals surface area contributed by atoms with E-state index in [1.165, 1.54) is 0 Å². The first-order valence-electron chi connectivity index (χ1n) is 8.30. The van der Waals surface area contributed by atoms with Gasteiger partial charge in [0.15, 0.2) is 5.58 Å². The van der Waals surface area contributed by atoms with E-state index in [0.717, 1.165) is 5.56 Å².